The molecule has 1 fully saturated rings. The highest BCUT2D eigenvalue weighted by atomic mass is 32.2. The minimum Gasteiger partial charge on any atom is -0.495 e. The van der Waals surface area contributed by atoms with Crippen LogP contribution in [0.2, 0.25) is 0 Å². The van der Waals surface area contributed by atoms with Gasteiger partial charge in [-0.25, -0.2) is 17.9 Å². The van der Waals surface area contributed by atoms with E-state index in [1.54, 1.807) is 23.9 Å². The molecule has 0 aliphatic carbocycles. The molecule has 0 spiro atoms. The summed E-state index contributed by atoms with van der Waals surface area (Å²) >= 11 is 0. The van der Waals surface area contributed by atoms with E-state index in [0.29, 0.717) is 29.8 Å². The Morgan fingerprint density at radius 3 is 2.50 bits per heavy atom. The van der Waals surface area contributed by atoms with E-state index in [0.717, 1.165) is 48.4 Å². The number of carbonyl (C=O) groups excluding carboxylic acids is 1. The second-order valence-electron chi connectivity index (χ2n) is 10.9. The molecule has 4 aromatic rings. The molecule has 222 valence electrons. The van der Waals surface area contributed by atoms with Crippen molar-refractivity contribution in [2.45, 2.75) is 18.8 Å². The van der Waals surface area contributed by atoms with Crippen LogP contribution in [-0.4, -0.2) is 92.9 Å². The van der Waals surface area contributed by atoms with Gasteiger partial charge in [0.25, 0.3) is 0 Å². The zero-order valence-corrected chi connectivity index (χ0v) is 25.4. The van der Waals surface area contributed by atoms with E-state index in [1.165, 1.54) is 23.2 Å². The number of piperidine rings is 1. The highest BCUT2D eigenvalue weighted by Crippen LogP contribution is 2.36. The van der Waals surface area contributed by atoms with Crippen LogP contribution in [0.4, 0.5) is 17.3 Å². The summed E-state index contributed by atoms with van der Waals surface area (Å²) in [4.78, 5) is 20.8. The maximum atomic E-state index is 12.4. The van der Waals surface area contributed by atoms with Crippen LogP contribution in [-0.2, 0) is 14.8 Å². The van der Waals surface area contributed by atoms with E-state index in [2.05, 4.69) is 16.4 Å². The highest BCUT2D eigenvalue weighted by molar-refractivity contribution is 7.92. The molecule has 0 radical (unpaired) electrons. The fraction of sp³-hybridized carbons (Fsp3) is 0.367. The van der Waals surface area contributed by atoms with Crippen molar-refractivity contribution in [2.24, 2.45) is 0 Å². The molecule has 1 amide bonds. The van der Waals surface area contributed by atoms with Crippen LogP contribution in [0.5, 0.6) is 5.75 Å². The maximum absolute atomic E-state index is 12.4. The zero-order valence-electron chi connectivity index (χ0n) is 24.6. The number of likely N-dealkylation sites (tertiary alicyclic amines) is 1. The van der Waals surface area contributed by atoms with Crippen LogP contribution in [0.1, 0.15) is 24.3 Å². The number of para-hydroxylation sites is 1. The van der Waals surface area contributed by atoms with Crippen molar-refractivity contribution < 1.29 is 17.9 Å². The quantitative estimate of drug-likeness (QED) is 0.313. The smallest absolute Gasteiger partial charge is 0.245 e. The van der Waals surface area contributed by atoms with Gasteiger partial charge in [-0.2, -0.15) is 0 Å². The summed E-state index contributed by atoms with van der Waals surface area (Å²) in [6.07, 6.45) is 4.70. The van der Waals surface area contributed by atoms with Crippen molar-refractivity contribution in [1.29, 1.82) is 0 Å². The zero-order chi connectivity index (χ0) is 30.0. The molecule has 1 aliphatic rings. The van der Waals surface area contributed by atoms with Crippen LogP contribution in [0.3, 0.4) is 0 Å². The van der Waals surface area contributed by atoms with Crippen molar-refractivity contribution >= 4 is 38.8 Å². The van der Waals surface area contributed by atoms with Gasteiger partial charge >= 0.3 is 0 Å². The first kappa shape index (κ1) is 29.3. The summed E-state index contributed by atoms with van der Waals surface area (Å²) in [5.41, 5.74) is 4.69. The average Bonchev–Trinajstić information content (AvgIpc) is 3.39. The molecule has 1 saturated heterocycles. The number of amides is 1. The molecule has 42 heavy (non-hydrogen) atoms. The number of carbonyl (C=O) groups is 1. The molecule has 2 aromatic carbocycles. The van der Waals surface area contributed by atoms with Crippen molar-refractivity contribution in [2.75, 3.05) is 63.8 Å². The molecule has 0 unspecified atom stereocenters. The van der Waals surface area contributed by atoms with Crippen LogP contribution in [0.25, 0.3) is 16.8 Å². The molecule has 1 aliphatic heterocycles. The summed E-state index contributed by atoms with van der Waals surface area (Å²) in [6, 6.07) is 17.2. The minimum absolute atomic E-state index is 0.171. The number of fused-ring (bicyclic) bond motifs is 1. The normalized spacial score (nSPS) is 14.4. The third kappa shape index (κ3) is 6.19. The lowest BCUT2D eigenvalue weighted by molar-refractivity contribution is -0.132. The number of nitrogens with zero attached hydrogens (tertiary/aromatic N) is 6. The highest BCUT2D eigenvalue weighted by Gasteiger charge is 2.25. The first-order chi connectivity index (χ1) is 20.0. The molecular formula is C30H37N7O4S. The van der Waals surface area contributed by atoms with Gasteiger partial charge in [0.15, 0.2) is 0 Å². The van der Waals surface area contributed by atoms with Gasteiger partial charge in [0.2, 0.25) is 21.9 Å². The van der Waals surface area contributed by atoms with Gasteiger partial charge < -0.3 is 19.9 Å². The summed E-state index contributed by atoms with van der Waals surface area (Å²) < 4.78 is 33.3. The van der Waals surface area contributed by atoms with Gasteiger partial charge in [0.05, 0.1) is 48.7 Å². The van der Waals surface area contributed by atoms with Gasteiger partial charge in [-0.05, 0) is 68.8 Å². The number of aromatic nitrogens is 3. The van der Waals surface area contributed by atoms with E-state index in [-0.39, 0.29) is 5.91 Å². The molecular weight excluding hydrogens is 554 g/mol. The fourth-order valence-electron chi connectivity index (χ4n) is 5.32. The van der Waals surface area contributed by atoms with E-state index < -0.39 is 10.0 Å². The van der Waals surface area contributed by atoms with Crippen LogP contribution in [0.15, 0.2) is 60.8 Å². The standard InChI is InChI=1S/C30H37N7O4S/c1-34(2)20-29(38)36-16-14-21(15-17-36)22-10-12-25(28(18-22)41-4)32-30-31-19-23-11-13-27(37(23)33-30)24-8-6-7-9-26(24)35(3)42(5,39)40/h6-13,18-19,21H,14-17,20H2,1-5H3,(H,32,33). The van der Waals surface area contributed by atoms with Gasteiger partial charge in [-0.3, -0.25) is 9.10 Å². The van der Waals surface area contributed by atoms with Crippen molar-refractivity contribution in [1.82, 2.24) is 24.4 Å². The molecule has 1 N–H and O–H groups in total. The van der Waals surface area contributed by atoms with Gasteiger partial charge in [0.1, 0.15) is 5.75 Å². The van der Waals surface area contributed by atoms with Gasteiger partial charge in [0, 0.05) is 25.7 Å². The number of nitrogens with one attached hydrogen (secondary N) is 1. The van der Waals surface area contributed by atoms with E-state index in [4.69, 9.17) is 9.84 Å². The minimum atomic E-state index is -3.46. The number of likely N-dealkylation sites (N-methyl/N-ethyl adjacent to an activating group) is 1. The molecule has 11 nitrogen and oxygen atoms in total. The summed E-state index contributed by atoms with van der Waals surface area (Å²) in [6.45, 7) is 1.92. The lowest BCUT2D eigenvalue weighted by Crippen LogP contribution is -2.42. The maximum Gasteiger partial charge on any atom is 0.245 e. The van der Waals surface area contributed by atoms with E-state index in [1.807, 2.05) is 66.4 Å². The molecule has 0 bridgehead atoms. The Bertz CT molecular complexity index is 1700. The second kappa shape index (κ2) is 12.0. The topological polar surface area (TPSA) is 112 Å². The molecule has 0 atom stereocenters. The number of rotatable bonds is 9. The third-order valence-electron chi connectivity index (χ3n) is 7.66. The Labute approximate surface area is 246 Å². The number of ether oxygens (including phenoxy) is 1. The lowest BCUT2D eigenvalue weighted by Gasteiger charge is -2.33. The van der Waals surface area contributed by atoms with Crippen LogP contribution in [0, 0.1) is 0 Å². The average molecular weight is 592 g/mol. The first-order valence-corrected chi connectivity index (χ1v) is 15.7. The monoisotopic (exact) mass is 591 g/mol. The molecule has 3 heterocycles. The number of hydrogen-bond donors (Lipinski definition) is 1. The van der Waals surface area contributed by atoms with Crippen molar-refractivity contribution in [3.63, 3.8) is 0 Å². The van der Waals surface area contributed by atoms with Crippen LogP contribution >= 0.6 is 0 Å². The molecule has 0 saturated carbocycles. The van der Waals surface area contributed by atoms with E-state index in [9.17, 15) is 13.2 Å². The number of anilines is 3. The SMILES string of the molecule is COc1cc(C2CCN(C(=O)CN(C)C)CC2)ccc1Nc1ncc2ccc(-c3ccccc3N(C)S(C)(=O)=O)n2n1. The Morgan fingerprint density at radius 2 is 1.81 bits per heavy atom. The van der Waals surface area contributed by atoms with Crippen molar-refractivity contribution in [3.8, 4) is 17.0 Å². The second-order valence-corrected chi connectivity index (χ2v) is 12.9. The number of methoxy groups -OCH3 is 1. The summed E-state index contributed by atoms with van der Waals surface area (Å²) in [7, 11) is 3.54. The Morgan fingerprint density at radius 1 is 1.07 bits per heavy atom. The fourth-order valence-corrected chi connectivity index (χ4v) is 5.84. The summed E-state index contributed by atoms with van der Waals surface area (Å²) in [5, 5.41) is 8.02. The van der Waals surface area contributed by atoms with E-state index >= 15 is 0 Å². The molecule has 2 aromatic heterocycles. The van der Waals surface area contributed by atoms with Gasteiger partial charge in [-0.1, -0.05) is 24.3 Å². The van der Waals surface area contributed by atoms with Gasteiger partial charge in [-0.15, -0.1) is 5.10 Å². The molecule has 5 rings (SSSR count). The molecule has 12 heteroatoms. The number of hydrogen-bond acceptors (Lipinski definition) is 8. The predicted molar refractivity (Wildman–Crippen MR) is 165 cm³/mol. The predicted octanol–water partition coefficient (Wildman–Crippen LogP) is 3.81. The first-order valence-electron chi connectivity index (χ1n) is 13.8. The Kier molecular flexibility index (Phi) is 8.37. The number of sulfonamides is 1. The van der Waals surface area contributed by atoms with Crippen molar-refractivity contribution in [3.05, 3.63) is 66.4 Å². The van der Waals surface area contributed by atoms with Crippen LogP contribution < -0.4 is 14.4 Å². The lowest BCUT2D eigenvalue weighted by atomic mass is 9.89. The Balaban J connectivity index is 1.37. The number of benzene rings is 2. The third-order valence-corrected chi connectivity index (χ3v) is 8.85. The summed E-state index contributed by atoms with van der Waals surface area (Å²) in [5.74, 6) is 1.56. The Hall–Kier alpha value is -4.16. The largest absolute Gasteiger partial charge is 0.495 e.